The van der Waals surface area contributed by atoms with E-state index in [2.05, 4.69) is 4.72 Å². The second-order valence-electron chi connectivity index (χ2n) is 9.46. The molecule has 1 saturated carbocycles. The Kier molecular flexibility index (Phi) is 7.40. The molecule has 1 aliphatic rings. The number of benzene rings is 3. The molecule has 0 radical (unpaired) electrons. The summed E-state index contributed by atoms with van der Waals surface area (Å²) in [7, 11) is -2.60. The molecule has 39 heavy (non-hydrogen) atoms. The highest BCUT2D eigenvalue weighted by molar-refractivity contribution is 7.90. The summed E-state index contributed by atoms with van der Waals surface area (Å²) in [5.41, 5.74) is 8.48. The van der Waals surface area contributed by atoms with Gasteiger partial charge in [0.1, 0.15) is 18.0 Å². The molecule has 202 valence electrons. The number of carbonyl (C=O) groups excluding carboxylic acids is 2. The Morgan fingerprint density at radius 3 is 2.41 bits per heavy atom. The van der Waals surface area contributed by atoms with Crippen LogP contribution in [0.3, 0.4) is 0 Å². The molecule has 0 saturated heterocycles. The quantitative estimate of drug-likeness (QED) is 0.313. The number of nitrogens with one attached hydrogen (secondary N) is 1. The maximum absolute atomic E-state index is 12.8. The molecule has 1 amide bonds. The SMILES string of the molecule is COc1cc(C(=O)NS(=O)(=O)c2ccccc2)ccc1C(N)n1ccc2ccc(C(=O)OC3CCCC3)cc21. The summed E-state index contributed by atoms with van der Waals surface area (Å²) >= 11 is 0. The standard InChI is InChI=1S/C29H29N3O6S/c1-37-26-18-20(28(33)31-39(35,36)23-9-3-2-4-10-23)13-14-24(26)27(30)32-16-15-19-11-12-21(17-25(19)32)29(34)38-22-7-5-6-8-22/h2-4,9-18,22,27H,5-8,30H2,1H3,(H,31,33). The summed E-state index contributed by atoms with van der Waals surface area (Å²) < 4.78 is 40.2. The Hall–Kier alpha value is -4.15. The molecule has 1 aromatic heterocycles. The van der Waals surface area contributed by atoms with Gasteiger partial charge in [0.25, 0.3) is 15.9 Å². The molecule has 10 heteroatoms. The van der Waals surface area contributed by atoms with Crippen LogP contribution in [0.1, 0.15) is 58.1 Å². The van der Waals surface area contributed by atoms with Crippen molar-refractivity contribution < 1.29 is 27.5 Å². The number of fused-ring (bicyclic) bond motifs is 1. The third-order valence-electron chi connectivity index (χ3n) is 6.93. The Morgan fingerprint density at radius 2 is 1.69 bits per heavy atom. The Bertz CT molecular complexity index is 1630. The number of carbonyl (C=O) groups is 2. The second-order valence-corrected chi connectivity index (χ2v) is 11.1. The van der Waals surface area contributed by atoms with Crippen molar-refractivity contribution in [2.45, 2.75) is 42.8 Å². The van der Waals surface area contributed by atoms with Crippen LogP contribution in [-0.2, 0) is 14.8 Å². The van der Waals surface area contributed by atoms with Crippen LogP contribution in [-0.4, -0.2) is 38.1 Å². The Balaban J connectivity index is 1.39. The van der Waals surface area contributed by atoms with Crippen LogP contribution in [0.25, 0.3) is 10.9 Å². The normalized spacial score (nSPS) is 14.7. The third-order valence-corrected chi connectivity index (χ3v) is 8.28. The van der Waals surface area contributed by atoms with E-state index in [-0.39, 0.29) is 22.5 Å². The molecule has 1 aliphatic carbocycles. The van der Waals surface area contributed by atoms with Crippen molar-refractivity contribution in [3.05, 3.63) is 95.7 Å². The first-order chi connectivity index (χ1) is 18.8. The smallest absolute Gasteiger partial charge is 0.338 e. The number of amides is 1. The van der Waals surface area contributed by atoms with Crippen LogP contribution in [0.2, 0.25) is 0 Å². The van der Waals surface area contributed by atoms with Crippen molar-refractivity contribution in [2.24, 2.45) is 5.73 Å². The molecule has 9 nitrogen and oxygen atoms in total. The van der Waals surface area contributed by atoms with E-state index in [4.69, 9.17) is 15.2 Å². The summed E-state index contributed by atoms with van der Waals surface area (Å²) in [5.74, 6) is -0.844. The van der Waals surface area contributed by atoms with Crippen molar-refractivity contribution in [3.8, 4) is 5.75 Å². The van der Waals surface area contributed by atoms with Gasteiger partial charge in [0.05, 0.1) is 23.1 Å². The zero-order valence-electron chi connectivity index (χ0n) is 21.4. The molecule has 3 N–H and O–H groups in total. The minimum Gasteiger partial charge on any atom is -0.496 e. The van der Waals surface area contributed by atoms with E-state index in [9.17, 15) is 18.0 Å². The minimum absolute atomic E-state index is 0.0186. The lowest BCUT2D eigenvalue weighted by atomic mass is 10.1. The Labute approximate surface area is 226 Å². The number of aromatic nitrogens is 1. The van der Waals surface area contributed by atoms with E-state index >= 15 is 0 Å². The second kappa shape index (κ2) is 10.9. The lowest BCUT2D eigenvalue weighted by molar-refractivity contribution is 0.0318. The van der Waals surface area contributed by atoms with Crippen LogP contribution in [0.4, 0.5) is 0 Å². The number of hydrogen-bond acceptors (Lipinski definition) is 7. The largest absolute Gasteiger partial charge is 0.496 e. The first kappa shape index (κ1) is 26.5. The predicted molar refractivity (Wildman–Crippen MR) is 146 cm³/mol. The minimum atomic E-state index is -4.04. The van der Waals surface area contributed by atoms with Gasteiger partial charge in [0.2, 0.25) is 0 Å². The molecular formula is C29H29N3O6S. The van der Waals surface area contributed by atoms with Gasteiger partial charge >= 0.3 is 5.97 Å². The molecule has 1 atom stereocenters. The lowest BCUT2D eigenvalue weighted by Crippen LogP contribution is -2.30. The monoisotopic (exact) mass is 547 g/mol. The summed E-state index contributed by atoms with van der Waals surface area (Å²) in [6.45, 7) is 0. The molecule has 1 unspecified atom stereocenters. The Morgan fingerprint density at radius 1 is 0.974 bits per heavy atom. The van der Waals surface area contributed by atoms with E-state index in [1.54, 1.807) is 41.0 Å². The van der Waals surface area contributed by atoms with Crippen molar-refractivity contribution in [1.82, 2.24) is 9.29 Å². The van der Waals surface area contributed by atoms with Crippen LogP contribution in [0, 0.1) is 0 Å². The van der Waals surface area contributed by atoms with E-state index in [0.717, 1.165) is 36.6 Å². The van der Waals surface area contributed by atoms with Gasteiger partial charge in [-0.2, -0.15) is 0 Å². The number of esters is 1. The fraction of sp³-hybridized carbons (Fsp3) is 0.241. The fourth-order valence-electron chi connectivity index (χ4n) is 4.83. The maximum Gasteiger partial charge on any atom is 0.338 e. The van der Waals surface area contributed by atoms with Gasteiger partial charge in [-0.3, -0.25) is 4.79 Å². The molecular weight excluding hydrogens is 518 g/mol. The molecule has 1 fully saturated rings. The molecule has 3 aromatic carbocycles. The highest BCUT2D eigenvalue weighted by Gasteiger charge is 2.23. The average molecular weight is 548 g/mol. The van der Waals surface area contributed by atoms with Crippen LogP contribution >= 0.6 is 0 Å². The number of nitrogens with two attached hydrogens (primary N) is 1. The van der Waals surface area contributed by atoms with Crippen LogP contribution in [0.15, 0.2) is 83.9 Å². The number of methoxy groups -OCH3 is 1. The van der Waals surface area contributed by atoms with Gasteiger partial charge in [-0.05, 0) is 73.5 Å². The van der Waals surface area contributed by atoms with E-state index in [0.29, 0.717) is 16.9 Å². The van der Waals surface area contributed by atoms with E-state index in [1.807, 2.05) is 18.3 Å². The highest BCUT2D eigenvalue weighted by atomic mass is 32.2. The molecule has 0 bridgehead atoms. The van der Waals surface area contributed by atoms with Crippen molar-refractivity contribution >= 4 is 32.8 Å². The maximum atomic E-state index is 12.8. The van der Waals surface area contributed by atoms with Crippen molar-refractivity contribution in [1.29, 1.82) is 0 Å². The summed E-state index contributed by atoms with van der Waals surface area (Å²) in [6, 6.07) is 19.4. The van der Waals surface area contributed by atoms with Crippen molar-refractivity contribution in [2.75, 3.05) is 7.11 Å². The zero-order valence-corrected chi connectivity index (χ0v) is 22.2. The topological polar surface area (TPSA) is 130 Å². The highest BCUT2D eigenvalue weighted by Crippen LogP contribution is 2.30. The molecule has 1 heterocycles. The number of nitrogens with zero attached hydrogens (tertiary/aromatic N) is 1. The summed E-state index contributed by atoms with van der Waals surface area (Å²) in [5, 5.41) is 0.893. The number of hydrogen-bond donors (Lipinski definition) is 2. The molecule has 4 aromatic rings. The van der Waals surface area contributed by atoms with Gasteiger partial charge in [0, 0.05) is 17.3 Å². The number of rotatable bonds is 8. The molecule has 0 aliphatic heterocycles. The van der Waals surface area contributed by atoms with E-state index < -0.39 is 22.1 Å². The van der Waals surface area contributed by atoms with Gasteiger partial charge in [-0.1, -0.05) is 30.3 Å². The van der Waals surface area contributed by atoms with Gasteiger partial charge in [-0.25, -0.2) is 17.9 Å². The van der Waals surface area contributed by atoms with Gasteiger partial charge < -0.3 is 19.8 Å². The number of ether oxygens (including phenoxy) is 2. The lowest BCUT2D eigenvalue weighted by Gasteiger charge is -2.20. The first-order valence-electron chi connectivity index (χ1n) is 12.6. The predicted octanol–water partition coefficient (Wildman–Crippen LogP) is 4.37. The first-order valence-corrected chi connectivity index (χ1v) is 14.1. The summed E-state index contributed by atoms with van der Waals surface area (Å²) in [6.07, 6.45) is 4.98. The van der Waals surface area contributed by atoms with Crippen molar-refractivity contribution in [3.63, 3.8) is 0 Å². The number of sulfonamides is 1. The summed E-state index contributed by atoms with van der Waals surface area (Å²) in [4.78, 5) is 25.5. The van der Waals surface area contributed by atoms with Gasteiger partial charge in [-0.15, -0.1) is 0 Å². The van der Waals surface area contributed by atoms with Gasteiger partial charge in [0.15, 0.2) is 0 Å². The molecule has 0 spiro atoms. The average Bonchev–Trinajstić information content (AvgIpc) is 3.62. The van der Waals surface area contributed by atoms with Crippen LogP contribution < -0.4 is 15.2 Å². The fourth-order valence-corrected chi connectivity index (χ4v) is 5.83. The molecule has 5 rings (SSSR count). The van der Waals surface area contributed by atoms with E-state index in [1.165, 1.54) is 31.4 Å². The van der Waals surface area contributed by atoms with Crippen LogP contribution in [0.5, 0.6) is 5.75 Å². The zero-order chi connectivity index (χ0) is 27.6. The third kappa shape index (κ3) is 5.52.